The Bertz CT molecular complexity index is 1080. The summed E-state index contributed by atoms with van der Waals surface area (Å²) in [6.07, 6.45) is 2.87. The number of rotatable bonds is 2. The summed E-state index contributed by atoms with van der Waals surface area (Å²) in [5.74, 6) is 1.81. The van der Waals surface area contributed by atoms with E-state index in [0.29, 0.717) is 11.8 Å². The maximum atomic E-state index is 5.98. The van der Waals surface area contributed by atoms with Gasteiger partial charge in [-0.1, -0.05) is 23.7 Å². The van der Waals surface area contributed by atoms with Crippen LogP contribution < -0.4 is 0 Å². The van der Waals surface area contributed by atoms with Crippen molar-refractivity contribution >= 4 is 38.8 Å². The summed E-state index contributed by atoms with van der Waals surface area (Å²) in [6, 6.07) is 8.12. The Kier molecular flexibility index (Phi) is 3.00. The van der Waals surface area contributed by atoms with Crippen LogP contribution in [0.5, 0.6) is 0 Å². The van der Waals surface area contributed by atoms with Crippen LogP contribution in [0.2, 0.25) is 5.02 Å². The highest BCUT2D eigenvalue weighted by atomic mass is 35.5. The molecule has 24 heavy (non-hydrogen) atoms. The third-order valence-electron chi connectivity index (χ3n) is 4.94. The van der Waals surface area contributed by atoms with Crippen molar-refractivity contribution < 1.29 is 0 Å². The number of hydrogen-bond acceptors (Lipinski definition) is 4. The quantitative estimate of drug-likeness (QED) is 0.515. The molecule has 4 aromatic rings. The maximum Gasteiger partial charge on any atom is 0.167 e. The average molecular weight is 355 g/mol. The van der Waals surface area contributed by atoms with Crippen molar-refractivity contribution in [2.24, 2.45) is 0 Å². The summed E-state index contributed by atoms with van der Waals surface area (Å²) in [7, 11) is 0. The molecule has 6 heteroatoms. The minimum Gasteiger partial charge on any atom is -0.225 e. The lowest BCUT2D eigenvalue weighted by Crippen LogP contribution is -1.91. The zero-order chi connectivity index (χ0) is 16.4. The van der Waals surface area contributed by atoms with Crippen molar-refractivity contribution in [3.05, 3.63) is 57.4 Å². The molecule has 3 heterocycles. The molecule has 1 aromatic carbocycles. The fourth-order valence-corrected chi connectivity index (χ4v) is 4.49. The Labute approximate surface area is 148 Å². The van der Waals surface area contributed by atoms with E-state index in [1.165, 1.54) is 16.0 Å². The Morgan fingerprint density at radius 3 is 2.75 bits per heavy atom. The molecule has 5 rings (SSSR count). The predicted molar refractivity (Wildman–Crippen MR) is 97.2 cm³/mol. The van der Waals surface area contributed by atoms with Crippen LogP contribution in [0, 0.1) is 13.8 Å². The van der Waals surface area contributed by atoms with Gasteiger partial charge in [-0.05, 0) is 49.4 Å². The van der Waals surface area contributed by atoms with Crippen molar-refractivity contribution in [2.75, 3.05) is 0 Å². The second kappa shape index (κ2) is 5.01. The van der Waals surface area contributed by atoms with E-state index in [2.05, 4.69) is 31.0 Å². The minimum absolute atomic E-state index is 0.390. The first-order chi connectivity index (χ1) is 11.6. The molecule has 0 spiro atoms. The molecule has 4 nitrogen and oxygen atoms in total. The highest BCUT2D eigenvalue weighted by molar-refractivity contribution is 7.18. The van der Waals surface area contributed by atoms with E-state index in [1.54, 1.807) is 17.7 Å². The molecule has 0 aliphatic heterocycles. The topological polar surface area (TPSA) is 43.1 Å². The lowest BCUT2D eigenvalue weighted by atomic mass is 10.1. The maximum absolute atomic E-state index is 5.98. The number of fused-ring (bicyclic) bond motifs is 3. The normalized spacial score (nSPS) is 20.1. The smallest absolute Gasteiger partial charge is 0.167 e. The van der Waals surface area contributed by atoms with Gasteiger partial charge in [-0.3, -0.25) is 0 Å². The van der Waals surface area contributed by atoms with Gasteiger partial charge in [-0.15, -0.1) is 16.4 Å². The minimum atomic E-state index is 0.390. The van der Waals surface area contributed by atoms with Gasteiger partial charge in [0.1, 0.15) is 11.2 Å². The predicted octanol–water partition coefficient (Wildman–Crippen LogP) is 4.88. The first kappa shape index (κ1) is 14.4. The van der Waals surface area contributed by atoms with Crippen LogP contribution in [-0.2, 0) is 0 Å². The Morgan fingerprint density at radius 2 is 1.96 bits per heavy atom. The lowest BCUT2D eigenvalue weighted by molar-refractivity contribution is 0.850. The van der Waals surface area contributed by atoms with Gasteiger partial charge in [0.2, 0.25) is 0 Å². The monoisotopic (exact) mass is 354 g/mol. The van der Waals surface area contributed by atoms with E-state index in [0.717, 1.165) is 33.1 Å². The first-order valence-electron chi connectivity index (χ1n) is 7.98. The van der Waals surface area contributed by atoms with Gasteiger partial charge >= 0.3 is 0 Å². The van der Waals surface area contributed by atoms with Crippen LogP contribution in [0.3, 0.4) is 0 Å². The van der Waals surface area contributed by atoms with Gasteiger partial charge in [0, 0.05) is 15.8 Å². The molecule has 0 unspecified atom stereocenters. The molecule has 1 aliphatic rings. The molecule has 0 amide bonds. The van der Waals surface area contributed by atoms with Crippen LogP contribution in [0.1, 0.15) is 40.1 Å². The SMILES string of the molecule is Cc1sc2ncn3nc([C@@H]4C[C@H]4c4ccc(Cl)cc4)nc3c2c1C. The van der Waals surface area contributed by atoms with Crippen molar-refractivity contribution in [2.45, 2.75) is 32.1 Å². The molecule has 0 N–H and O–H groups in total. The highest BCUT2D eigenvalue weighted by Gasteiger charge is 2.42. The number of aryl methyl sites for hydroxylation is 2. The fraction of sp³-hybridized carbons (Fsp3) is 0.278. The second-order valence-corrected chi connectivity index (χ2v) is 8.09. The molecule has 1 saturated carbocycles. The number of benzene rings is 1. The van der Waals surface area contributed by atoms with Crippen molar-refractivity contribution in [3.8, 4) is 0 Å². The van der Waals surface area contributed by atoms with Crippen molar-refractivity contribution in [1.29, 1.82) is 0 Å². The second-order valence-electron chi connectivity index (χ2n) is 6.45. The van der Waals surface area contributed by atoms with E-state index < -0.39 is 0 Å². The molecule has 1 fully saturated rings. The molecule has 0 bridgehead atoms. The zero-order valence-corrected chi connectivity index (χ0v) is 14.9. The van der Waals surface area contributed by atoms with E-state index in [1.807, 2.05) is 16.6 Å². The third kappa shape index (κ3) is 2.08. The van der Waals surface area contributed by atoms with E-state index in [9.17, 15) is 0 Å². The van der Waals surface area contributed by atoms with Crippen molar-refractivity contribution in [1.82, 2.24) is 19.6 Å². The summed E-state index contributed by atoms with van der Waals surface area (Å²) in [5, 5.41) is 6.61. The highest BCUT2D eigenvalue weighted by Crippen LogP contribution is 2.53. The number of halogens is 1. The third-order valence-corrected chi connectivity index (χ3v) is 6.31. The zero-order valence-electron chi connectivity index (χ0n) is 13.3. The Hall–Kier alpha value is -1.98. The lowest BCUT2D eigenvalue weighted by Gasteiger charge is -1.98. The molecule has 0 radical (unpaired) electrons. The van der Waals surface area contributed by atoms with E-state index >= 15 is 0 Å². The van der Waals surface area contributed by atoms with Gasteiger partial charge in [0.15, 0.2) is 11.5 Å². The molecule has 3 aromatic heterocycles. The van der Waals surface area contributed by atoms with E-state index in [-0.39, 0.29) is 0 Å². The summed E-state index contributed by atoms with van der Waals surface area (Å²) < 4.78 is 1.83. The Morgan fingerprint density at radius 1 is 1.17 bits per heavy atom. The number of hydrogen-bond donors (Lipinski definition) is 0. The summed E-state index contributed by atoms with van der Waals surface area (Å²) >= 11 is 7.70. The summed E-state index contributed by atoms with van der Waals surface area (Å²) in [5.41, 5.74) is 3.50. The van der Waals surface area contributed by atoms with Crippen LogP contribution in [0.25, 0.3) is 15.9 Å². The number of thiophene rings is 1. The van der Waals surface area contributed by atoms with Gasteiger partial charge in [0.05, 0.1) is 5.39 Å². The van der Waals surface area contributed by atoms with Gasteiger partial charge in [-0.2, -0.15) is 0 Å². The number of nitrogens with zero attached hydrogens (tertiary/aromatic N) is 4. The standard InChI is InChI=1S/C18H15ClN4S/c1-9-10(2)24-18-15(9)17-21-16(22-23(17)8-20-18)14-7-13(14)11-3-5-12(19)6-4-11/h3-6,8,13-14H,7H2,1-2H3/t13-,14+/m0/s1. The largest absolute Gasteiger partial charge is 0.225 e. The summed E-state index contributed by atoms with van der Waals surface area (Å²) in [4.78, 5) is 11.7. The Balaban J connectivity index is 1.57. The van der Waals surface area contributed by atoms with Crippen molar-refractivity contribution in [3.63, 3.8) is 0 Å². The van der Waals surface area contributed by atoms with Gasteiger partial charge in [-0.25, -0.2) is 14.5 Å². The van der Waals surface area contributed by atoms with Crippen LogP contribution in [-0.4, -0.2) is 19.6 Å². The fourth-order valence-electron chi connectivity index (χ4n) is 3.38. The molecule has 1 aliphatic carbocycles. The van der Waals surface area contributed by atoms with Crippen LogP contribution in [0.4, 0.5) is 0 Å². The number of aromatic nitrogens is 4. The average Bonchev–Trinajstić information content (AvgIpc) is 3.16. The van der Waals surface area contributed by atoms with Gasteiger partial charge in [0.25, 0.3) is 0 Å². The van der Waals surface area contributed by atoms with Crippen LogP contribution in [0.15, 0.2) is 30.6 Å². The van der Waals surface area contributed by atoms with E-state index in [4.69, 9.17) is 21.7 Å². The molecule has 0 saturated heterocycles. The van der Waals surface area contributed by atoms with Crippen LogP contribution >= 0.6 is 22.9 Å². The molecule has 2 atom stereocenters. The first-order valence-corrected chi connectivity index (χ1v) is 9.17. The van der Waals surface area contributed by atoms with Gasteiger partial charge < -0.3 is 0 Å². The molecular formula is C18H15ClN4S. The summed E-state index contributed by atoms with van der Waals surface area (Å²) in [6.45, 7) is 4.27. The molecule has 120 valence electrons. The molecular weight excluding hydrogens is 340 g/mol.